The maximum Gasteiger partial charge on any atom is 0.337 e. The van der Waals surface area contributed by atoms with Crippen LogP contribution < -0.4 is 16.2 Å². The molecule has 0 bridgehead atoms. The van der Waals surface area contributed by atoms with Crippen molar-refractivity contribution < 1.29 is 14.0 Å². The Hall–Kier alpha value is -2.89. The van der Waals surface area contributed by atoms with Crippen LogP contribution in [0.4, 0.5) is 14.9 Å². The van der Waals surface area contributed by atoms with Crippen LogP contribution in [0, 0.1) is 5.82 Å². The van der Waals surface area contributed by atoms with Gasteiger partial charge in [-0.3, -0.25) is 10.2 Å². The lowest BCUT2D eigenvalue weighted by atomic mass is 10.2. The Morgan fingerprint density at radius 2 is 1.65 bits per heavy atom. The fraction of sp³-hybridized carbons (Fsp3) is 0. The number of hydrogen-bond acceptors (Lipinski definition) is 2. The van der Waals surface area contributed by atoms with Crippen LogP contribution in [0.15, 0.2) is 54.6 Å². The monoisotopic (exact) mass is 273 g/mol. The van der Waals surface area contributed by atoms with Crippen molar-refractivity contribution in [1.82, 2.24) is 10.9 Å². The van der Waals surface area contributed by atoms with E-state index in [-0.39, 0.29) is 5.56 Å². The van der Waals surface area contributed by atoms with Crippen LogP contribution in [-0.4, -0.2) is 11.9 Å². The molecule has 0 aliphatic carbocycles. The van der Waals surface area contributed by atoms with E-state index in [1.165, 1.54) is 18.2 Å². The van der Waals surface area contributed by atoms with Gasteiger partial charge in [-0.15, -0.1) is 0 Å². The van der Waals surface area contributed by atoms with Gasteiger partial charge in [-0.05, 0) is 30.3 Å². The molecule has 0 unspecified atom stereocenters. The quantitative estimate of drug-likeness (QED) is 0.735. The van der Waals surface area contributed by atoms with E-state index in [0.717, 1.165) is 6.07 Å². The molecule has 3 N–H and O–H groups in total. The van der Waals surface area contributed by atoms with Crippen LogP contribution >= 0.6 is 0 Å². The molecule has 0 atom stereocenters. The summed E-state index contributed by atoms with van der Waals surface area (Å²) >= 11 is 0. The van der Waals surface area contributed by atoms with Crippen molar-refractivity contribution in [3.8, 4) is 0 Å². The van der Waals surface area contributed by atoms with E-state index in [2.05, 4.69) is 16.2 Å². The molecular formula is C14H12FN3O2. The normalized spacial score (nSPS) is 9.65. The molecule has 20 heavy (non-hydrogen) atoms. The van der Waals surface area contributed by atoms with E-state index in [1.54, 1.807) is 24.3 Å². The second-order valence-corrected chi connectivity index (χ2v) is 3.91. The van der Waals surface area contributed by atoms with E-state index in [9.17, 15) is 14.0 Å². The van der Waals surface area contributed by atoms with Gasteiger partial charge in [0.05, 0.1) is 0 Å². The van der Waals surface area contributed by atoms with Gasteiger partial charge in [0.2, 0.25) is 0 Å². The van der Waals surface area contributed by atoms with Gasteiger partial charge in [0, 0.05) is 11.3 Å². The first-order valence-electron chi connectivity index (χ1n) is 5.83. The molecule has 0 fully saturated rings. The number of urea groups is 1. The largest absolute Gasteiger partial charge is 0.337 e. The molecule has 0 saturated carbocycles. The van der Waals surface area contributed by atoms with Crippen LogP contribution in [0.3, 0.4) is 0 Å². The lowest BCUT2D eigenvalue weighted by Gasteiger charge is -2.08. The third kappa shape index (κ3) is 3.81. The van der Waals surface area contributed by atoms with Crippen molar-refractivity contribution in [3.63, 3.8) is 0 Å². The Kier molecular flexibility index (Phi) is 4.28. The molecule has 0 aromatic heterocycles. The summed E-state index contributed by atoms with van der Waals surface area (Å²) in [5.41, 5.74) is 5.06. The fourth-order valence-corrected chi connectivity index (χ4v) is 1.50. The Labute approximate surface area is 114 Å². The summed E-state index contributed by atoms with van der Waals surface area (Å²) in [6.45, 7) is 0. The van der Waals surface area contributed by atoms with Crippen molar-refractivity contribution in [2.24, 2.45) is 0 Å². The standard InChI is InChI=1S/C14H12FN3O2/c15-11-6-4-5-10(9-11)13(19)17-18-14(20)16-12-7-2-1-3-8-12/h1-9H,(H,17,19)(H2,16,18,20). The number of nitrogens with one attached hydrogen (secondary N) is 3. The summed E-state index contributed by atoms with van der Waals surface area (Å²) in [5, 5.41) is 2.52. The maximum atomic E-state index is 12.9. The number of para-hydroxylation sites is 1. The Bertz CT molecular complexity index is 617. The number of anilines is 1. The Morgan fingerprint density at radius 3 is 2.35 bits per heavy atom. The molecular weight excluding hydrogens is 261 g/mol. The highest BCUT2D eigenvalue weighted by atomic mass is 19.1. The first-order valence-corrected chi connectivity index (χ1v) is 5.83. The van der Waals surface area contributed by atoms with Crippen molar-refractivity contribution in [3.05, 3.63) is 66.0 Å². The average Bonchev–Trinajstić information content (AvgIpc) is 2.46. The van der Waals surface area contributed by atoms with Gasteiger partial charge in [0.25, 0.3) is 5.91 Å². The number of amides is 3. The number of halogens is 1. The number of carbonyl (C=O) groups excluding carboxylic acids is 2. The van der Waals surface area contributed by atoms with E-state index in [0.29, 0.717) is 5.69 Å². The highest BCUT2D eigenvalue weighted by Crippen LogP contribution is 2.04. The smallest absolute Gasteiger partial charge is 0.307 e. The van der Waals surface area contributed by atoms with Crippen LogP contribution in [0.5, 0.6) is 0 Å². The number of hydrazine groups is 1. The predicted octanol–water partition coefficient (Wildman–Crippen LogP) is 2.29. The fourth-order valence-electron chi connectivity index (χ4n) is 1.50. The first-order chi connectivity index (χ1) is 9.65. The average molecular weight is 273 g/mol. The number of carbonyl (C=O) groups is 2. The number of hydrogen-bond donors (Lipinski definition) is 3. The topological polar surface area (TPSA) is 70.2 Å². The van der Waals surface area contributed by atoms with Crippen LogP contribution in [0.25, 0.3) is 0 Å². The minimum absolute atomic E-state index is 0.116. The molecule has 0 aliphatic heterocycles. The zero-order valence-electron chi connectivity index (χ0n) is 10.4. The molecule has 5 nitrogen and oxygen atoms in total. The van der Waals surface area contributed by atoms with Gasteiger partial charge in [-0.1, -0.05) is 24.3 Å². The van der Waals surface area contributed by atoms with E-state index in [4.69, 9.17) is 0 Å². The number of benzene rings is 2. The van der Waals surface area contributed by atoms with Gasteiger partial charge in [-0.2, -0.15) is 0 Å². The van der Waals surface area contributed by atoms with E-state index >= 15 is 0 Å². The third-order valence-electron chi connectivity index (χ3n) is 2.41. The van der Waals surface area contributed by atoms with Gasteiger partial charge >= 0.3 is 6.03 Å². The molecule has 6 heteroatoms. The first kappa shape index (κ1) is 13.5. The molecule has 2 aromatic rings. The molecule has 102 valence electrons. The summed E-state index contributed by atoms with van der Waals surface area (Å²) in [6, 6.07) is 13.3. The minimum atomic E-state index is -0.604. The summed E-state index contributed by atoms with van der Waals surface area (Å²) in [6.07, 6.45) is 0. The zero-order valence-corrected chi connectivity index (χ0v) is 10.4. The summed E-state index contributed by atoms with van der Waals surface area (Å²) in [7, 11) is 0. The molecule has 0 spiro atoms. The van der Waals surface area contributed by atoms with E-state index < -0.39 is 17.8 Å². The summed E-state index contributed by atoms with van der Waals surface area (Å²) in [4.78, 5) is 23.1. The Morgan fingerprint density at radius 1 is 0.900 bits per heavy atom. The minimum Gasteiger partial charge on any atom is -0.307 e. The lowest BCUT2D eigenvalue weighted by Crippen LogP contribution is -2.43. The Balaban J connectivity index is 1.86. The molecule has 0 aliphatic rings. The zero-order chi connectivity index (χ0) is 14.4. The second-order valence-electron chi connectivity index (χ2n) is 3.91. The van der Waals surface area contributed by atoms with Crippen molar-refractivity contribution in [1.29, 1.82) is 0 Å². The van der Waals surface area contributed by atoms with Gasteiger partial charge in [0.15, 0.2) is 0 Å². The molecule has 2 aromatic carbocycles. The third-order valence-corrected chi connectivity index (χ3v) is 2.41. The molecule has 0 heterocycles. The highest BCUT2D eigenvalue weighted by molar-refractivity contribution is 5.97. The van der Waals surface area contributed by atoms with Gasteiger partial charge in [0.1, 0.15) is 5.82 Å². The lowest BCUT2D eigenvalue weighted by molar-refractivity contribution is 0.0937. The summed E-state index contributed by atoms with van der Waals surface area (Å²) in [5.74, 6) is -1.13. The number of rotatable bonds is 2. The van der Waals surface area contributed by atoms with Gasteiger partial charge in [-0.25, -0.2) is 14.6 Å². The predicted molar refractivity (Wildman–Crippen MR) is 72.5 cm³/mol. The SMILES string of the molecule is O=C(NNC(=O)c1cccc(F)c1)Nc1ccccc1. The molecule has 3 amide bonds. The van der Waals surface area contributed by atoms with Crippen molar-refractivity contribution >= 4 is 17.6 Å². The van der Waals surface area contributed by atoms with Crippen molar-refractivity contribution in [2.75, 3.05) is 5.32 Å². The summed E-state index contributed by atoms with van der Waals surface area (Å²) < 4.78 is 12.9. The van der Waals surface area contributed by atoms with E-state index in [1.807, 2.05) is 6.07 Å². The van der Waals surface area contributed by atoms with Crippen molar-refractivity contribution in [2.45, 2.75) is 0 Å². The van der Waals surface area contributed by atoms with Crippen LogP contribution in [0.1, 0.15) is 10.4 Å². The maximum absolute atomic E-state index is 12.9. The van der Waals surface area contributed by atoms with Crippen LogP contribution in [-0.2, 0) is 0 Å². The molecule has 0 radical (unpaired) electrons. The highest BCUT2D eigenvalue weighted by Gasteiger charge is 2.07. The van der Waals surface area contributed by atoms with Gasteiger partial charge < -0.3 is 5.32 Å². The molecule has 0 saturated heterocycles. The van der Waals surface area contributed by atoms with Crippen LogP contribution in [0.2, 0.25) is 0 Å². The second kappa shape index (κ2) is 6.33. The molecule has 2 rings (SSSR count).